The molecule has 0 aliphatic heterocycles. The van der Waals surface area contributed by atoms with Gasteiger partial charge in [-0.1, -0.05) is 38.1 Å². The van der Waals surface area contributed by atoms with Crippen molar-refractivity contribution in [3.8, 4) is 16.9 Å². The van der Waals surface area contributed by atoms with Crippen molar-refractivity contribution in [2.24, 2.45) is 0 Å². The molecule has 1 heterocycles. The number of hydrogen-bond acceptors (Lipinski definition) is 4. The van der Waals surface area contributed by atoms with E-state index in [2.05, 4.69) is 18.9 Å². The molecule has 0 radical (unpaired) electrons. The number of ether oxygens (including phenoxy) is 1. The van der Waals surface area contributed by atoms with Gasteiger partial charge in [0.15, 0.2) is 5.69 Å². The molecule has 0 fully saturated rings. The Hall–Kier alpha value is -3.41. The van der Waals surface area contributed by atoms with Gasteiger partial charge in [-0.2, -0.15) is 5.10 Å². The Bertz CT molecular complexity index is 1060. The number of nitrogens with zero attached hydrogens (tertiary/aromatic N) is 3. The van der Waals surface area contributed by atoms with Gasteiger partial charge in [-0.3, -0.25) is 4.79 Å². The zero-order valence-corrected chi connectivity index (χ0v) is 19.3. The third-order valence-electron chi connectivity index (χ3n) is 5.25. The first-order chi connectivity index (χ1) is 15.5. The molecule has 6 heteroatoms. The Labute approximate surface area is 189 Å². The van der Waals surface area contributed by atoms with E-state index in [0.717, 1.165) is 48.4 Å². The zero-order valence-electron chi connectivity index (χ0n) is 19.3. The number of rotatable bonds is 9. The first kappa shape index (κ1) is 23.3. The number of amides is 1. The molecule has 0 aliphatic carbocycles. The van der Waals surface area contributed by atoms with Crippen LogP contribution in [0.3, 0.4) is 0 Å². The summed E-state index contributed by atoms with van der Waals surface area (Å²) in [5.41, 5.74) is 4.52. The van der Waals surface area contributed by atoms with Crippen LogP contribution in [-0.4, -0.2) is 46.3 Å². The Morgan fingerprint density at radius 1 is 0.969 bits per heavy atom. The van der Waals surface area contributed by atoms with Gasteiger partial charge in [-0.15, -0.1) is 0 Å². The predicted molar refractivity (Wildman–Crippen MR) is 126 cm³/mol. The molecule has 1 amide bonds. The standard InChI is InChI=1S/C26H31N3O3/c1-5-16-28(17-6-2)25(30)20-12-14-21(15-13-20)29-24(22-11-9-8-10-19(22)4)18-23(27-29)26(31)32-7-3/h8-15,18H,5-7,16-17H2,1-4H3. The summed E-state index contributed by atoms with van der Waals surface area (Å²) in [6, 6.07) is 17.1. The van der Waals surface area contributed by atoms with Crippen LogP contribution in [0.2, 0.25) is 0 Å². The van der Waals surface area contributed by atoms with Crippen LogP contribution in [0.1, 0.15) is 60.0 Å². The van der Waals surface area contributed by atoms with Crippen molar-refractivity contribution < 1.29 is 14.3 Å². The monoisotopic (exact) mass is 433 g/mol. The molecule has 0 unspecified atom stereocenters. The molecule has 0 saturated heterocycles. The van der Waals surface area contributed by atoms with E-state index in [0.29, 0.717) is 5.56 Å². The summed E-state index contributed by atoms with van der Waals surface area (Å²) in [5, 5.41) is 4.53. The summed E-state index contributed by atoms with van der Waals surface area (Å²) in [6.07, 6.45) is 1.85. The fourth-order valence-electron chi connectivity index (χ4n) is 3.72. The summed E-state index contributed by atoms with van der Waals surface area (Å²) in [6.45, 7) is 9.72. The molecule has 0 atom stereocenters. The molecule has 1 aromatic heterocycles. The fraction of sp³-hybridized carbons (Fsp3) is 0.346. The van der Waals surface area contributed by atoms with Crippen LogP contribution in [0, 0.1) is 6.92 Å². The third-order valence-corrected chi connectivity index (χ3v) is 5.25. The topological polar surface area (TPSA) is 64.4 Å². The summed E-state index contributed by atoms with van der Waals surface area (Å²) in [4.78, 5) is 27.2. The van der Waals surface area contributed by atoms with Gasteiger partial charge in [-0.05, 0) is 62.6 Å². The minimum atomic E-state index is -0.456. The van der Waals surface area contributed by atoms with E-state index >= 15 is 0 Å². The second-order valence-electron chi connectivity index (χ2n) is 7.70. The smallest absolute Gasteiger partial charge is 0.358 e. The lowest BCUT2D eigenvalue weighted by atomic mass is 10.1. The lowest BCUT2D eigenvalue weighted by molar-refractivity contribution is 0.0518. The van der Waals surface area contributed by atoms with Crippen molar-refractivity contribution in [2.75, 3.05) is 19.7 Å². The van der Waals surface area contributed by atoms with E-state index in [1.807, 2.05) is 60.4 Å². The van der Waals surface area contributed by atoms with E-state index in [9.17, 15) is 9.59 Å². The van der Waals surface area contributed by atoms with E-state index in [1.165, 1.54) is 0 Å². The van der Waals surface area contributed by atoms with Gasteiger partial charge in [-0.25, -0.2) is 9.48 Å². The van der Waals surface area contributed by atoms with Gasteiger partial charge >= 0.3 is 5.97 Å². The van der Waals surface area contributed by atoms with Crippen molar-refractivity contribution in [3.63, 3.8) is 0 Å². The van der Waals surface area contributed by atoms with Crippen LogP contribution in [-0.2, 0) is 4.74 Å². The Morgan fingerprint density at radius 3 is 2.22 bits per heavy atom. The van der Waals surface area contributed by atoms with E-state index in [4.69, 9.17) is 4.74 Å². The maximum Gasteiger partial charge on any atom is 0.358 e. The van der Waals surface area contributed by atoms with Gasteiger partial charge in [0.05, 0.1) is 18.0 Å². The molecule has 0 bridgehead atoms. The van der Waals surface area contributed by atoms with Gasteiger partial charge in [0, 0.05) is 24.2 Å². The summed E-state index contributed by atoms with van der Waals surface area (Å²) in [7, 11) is 0. The van der Waals surface area contributed by atoms with E-state index in [1.54, 1.807) is 17.7 Å². The number of carbonyl (C=O) groups is 2. The van der Waals surface area contributed by atoms with Crippen molar-refractivity contribution in [1.29, 1.82) is 0 Å². The second kappa shape index (κ2) is 10.8. The van der Waals surface area contributed by atoms with Crippen LogP contribution in [0.4, 0.5) is 0 Å². The molecule has 0 spiro atoms. The number of aryl methyl sites for hydroxylation is 1. The van der Waals surface area contributed by atoms with Crippen LogP contribution in [0.25, 0.3) is 16.9 Å². The molecular formula is C26H31N3O3. The van der Waals surface area contributed by atoms with E-state index < -0.39 is 5.97 Å². The van der Waals surface area contributed by atoms with Gasteiger partial charge in [0.2, 0.25) is 0 Å². The summed E-state index contributed by atoms with van der Waals surface area (Å²) < 4.78 is 6.89. The van der Waals surface area contributed by atoms with Crippen LogP contribution in [0.5, 0.6) is 0 Å². The van der Waals surface area contributed by atoms with Crippen LogP contribution >= 0.6 is 0 Å². The highest BCUT2D eigenvalue weighted by Crippen LogP contribution is 2.27. The Kier molecular flexibility index (Phi) is 7.82. The summed E-state index contributed by atoms with van der Waals surface area (Å²) in [5.74, 6) is -0.422. The van der Waals surface area contributed by atoms with Gasteiger partial charge < -0.3 is 9.64 Å². The van der Waals surface area contributed by atoms with Crippen LogP contribution in [0.15, 0.2) is 54.6 Å². The molecule has 6 nitrogen and oxygen atoms in total. The van der Waals surface area contributed by atoms with Gasteiger partial charge in [0.1, 0.15) is 0 Å². The fourth-order valence-corrected chi connectivity index (χ4v) is 3.72. The largest absolute Gasteiger partial charge is 0.461 e. The number of aromatic nitrogens is 2. The molecule has 168 valence electrons. The van der Waals surface area contributed by atoms with Crippen molar-refractivity contribution >= 4 is 11.9 Å². The third kappa shape index (κ3) is 5.07. The maximum absolute atomic E-state index is 12.9. The number of hydrogen-bond donors (Lipinski definition) is 0. The molecule has 0 N–H and O–H groups in total. The lowest BCUT2D eigenvalue weighted by Gasteiger charge is -2.21. The second-order valence-corrected chi connectivity index (χ2v) is 7.70. The summed E-state index contributed by atoms with van der Waals surface area (Å²) >= 11 is 0. The molecule has 3 rings (SSSR count). The molecule has 3 aromatic rings. The Balaban J connectivity index is 2.00. The normalized spacial score (nSPS) is 10.8. The number of esters is 1. The average molecular weight is 434 g/mol. The van der Waals surface area contributed by atoms with Crippen molar-refractivity contribution in [1.82, 2.24) is 14.7 Å². The lowest BCUT2D eigenvalue weighted by Crippen LogP contribution is -2.32. The van der Waals surface area contributed by atoms with Gasteiger partial charge in [0.25, 0.3) is 5.91 Å². The maximum atomic E-state index is 12.9. The average Bonchev–Trinajstić information content (AvgIpc) is 3.24. The highest BCUT2D eigenvalue weighted by atomic mass is 16.5. The Morgan fingerprint density at radius 2 is 1.62 bits per heavy atom. The number of carbonyl (C=O) groups excluding carboxylic acids is 2. The quantitative estimate of drug-likeness (QED) is 0.430. The molecule has 32 heavy (non-hydrogen) atoms. The van der Waals surface area contributed by atoms with E-state index in [-0.39, 0.29) is 18.2 Å². The first-order valence-corrected chi connectivity index (χ1v) is 11.2. The predicted octanol–water partition coefficient (Wildman–Crippen LogP) is 5.29. The SMILES string of the molecule is CCCN(CCC)C(=O)c1ccc(-n2nc(C(=O)OCC)cc2-c2ccccc2C)cc1. The zero-order chi connectivity index (χ0) is 23.1. The van der Waals surface area contributed by atoms with Crippen molar-refractivity contribution in [2.45, 2.75) is 40.5 Å². The minimum absolute atomic E-state index is 0.0343. The number of benzene rings is 2. The first-order valence-electron chi connectivity index (χ1n) is 11.2. The van der Waals surface area contributed by atoms with Crippen LogP contribution < -0.4 is 0 Å². The molecular weight excluding hydrogens is 402 g/mol. The molecule has 2 aromatic carbocycles. The molecule has 0 saturated carbocycles. The highest BCUT2D eigenvalue weighted by Gasteiger charge is 2.19. The molecule has 0 aliphatic rings. The highest BCUT2D eigenvalue weighted by molar-refractivity contribution is 5.94. The van der Waals surface area contributed by atoms with Crippen molar-refractivity contribution in [3.05, 3.63) is 71.4 Å². The minimum Gasteiger partial charge on any atom is -0.461 e.